The molecule has 79 heavy (non-hydrogen) atoms. The van der Waals surface area contributed by atoms with E-state index in [1.807, 2.05) is 0 Å². The fraction of sp³-hybridized carbons (Fsp3) is 0.877. The molecule has 0 rings (SSSR count). The minimum absolute atomic E-state index is 0.0699. The molecule has 0 N–H and O–H groups in total. The van der Waals surface area contributed by atoms with Gasteiger partial charge in [0, 0.05) is 19.3 Å². The quantitative estimate of drug-likeness (QED) is 0.0261. The van der Waals surface area contributed by atoms with E-state index in [4.69, 9.17) is 14.2 Å². The van der Waals surface area contributed by atoms with Gasteiger partial charge in [-0.3, -0.25) is 14.4 Å². The second kappa shape index (κ2) is 68.1. The fourth-order valence-electron chi connectivity index (χ4n) is 10.8. The van der Waals surface area contributed by atoms with Gasteiger partial charge in [0.2, 0.25) is 0 Å². The van der Waals surface area contributed by atoms with E-state index in [1.165, 1.54) is 276 Å². The van der Waals surface area contributed by atoms with Crippen LogP contribution in [0.3, 0.4) is 0 Å². The molecule has 0 aliphatic carbocycles. The Morgan fingerprint density at radius 1 is 0.253 bits per heavy atom. The molecule has 0 bridgehead atoms. The normalized spacial score (nSPS) is 12.2. The molecule has 0 aliphatic rings. The lowest BCUT2D eigenvalue weighted by Crippen LogP contribution is -2.30. The standard InChI is InChI=1S/C73H136O6/c1-4-7-10-13-16-19-21-23-25-27-29-31-33-34-35-36-37-38-40-41-43-45-47-49-51-54-57-60-63-66-72(75)78-69-70(68-77-71(74)65-62-59-56-53-18-15-12-9-6-3)79-73(76)67-64-61-58-55-52-50-48-46-44-42-39-32-30-28-26-24-22-20-17-14-11-8-5-2/h22,24,28,30,39,42,70H,4-21,23,25-27,29,31-38,40-41,43-69H2,1-3H3/b24-22-,30-28-,42-39-. The van der Waals surface area contributed by atoms with Crippen molar-refractivity contribution < 1.29 is 28.6 Å². The molecule has 0 saturated heterocycles. The van der Waals surface area contributed by atoms with Crippen molar-refractivity contribution in [3.63, 3.8) is 0 Å². The Balaban J connectivity index is 4.10. The van der Waals surface area contributed by atoms with Gasteiger partial charge in [-0.1, -0.05) is 353 Å². The van der Waals surface area contributed by atoms with Crippen LogP contribution in [0.1, 0.15) is 393 Å². The van der Waals surface area contributed by atoms with Crippen LogP contribution < -0.4 is 0 Å². The van der Waals surface area contributed by atoms with Crippen LogP contribution in [0.25, 0.3) is 0 Å². The molecule has 6 nitrogen and oxygen atoms in total. The third-order valence-corrected chi connectivity index (χ3v) is 16.1. The molecule has 0 aromatic carbocycles. The molecule has 0 fully saturated rings. The lowest BCUT2D eigenvalue weighted by atomic mass is 10.0. The van der Waals surface area contributed by atoms with Gasteiger partial charge in [-0.05, 0) is 57.8 Å². The number of carbonyl (C=O) groups excluding carboxylic acids is 3. The van der Waals surface area contributed by atoms with Crippen LogP contribution in [0.15, 0.2) is 36.5 Å². The molecular weight excluding hydrogens is 973 g/mol. The molecule has 0 radical (unpaired) electrons. The van der Waals surface area contributed by atoms with Crippen LogP contribution in [-0.4, -0.2) is 37.2 Å². The predicted octanol–water partition coefficient (Wildman–Crippen LogP) is 24.3. The molecule has 1 atom stereocenters. The number of ether oxygens (including phenoxy) is 3. The zero-order chi connectivity index (χ0) is 57.1. The van der Waals surface area contributed by atoms with Crippen molar-refractivity contribution in [2.45, 2.75) is 399 Å². The summed E-state index contributed by atoms with van der Waals surface area (Å²) in [5, 5.41) is 0. The minimum atomic E-state index is -0.773. The summed E-state index contributed by atoms with van der Waals surface area (Å²) in [5.41, 5.74) is 0. The molecule has 0 aromatic heterocycles. The Morgan fingerprint density at radius 3 is 0.709 bits per heavy atom. The van der Waals surface area contributed by atoms with Crippen LogP contribution in [0, 0.1) is 0 Å². The fourth-order valence-corrected chi connectivity index (χ4v) is 10.8. The first-order valence-electron chi connectivity index (χ1n) is 35.5. The lowest BCUT2D eigenvalue weighted by Gasteiger charge is -2.18. The van der Waals surface area contributed by atoms with Crippen LogP contribution in [0.5, 0.6) is 0 Å². The van der Waals surface area contributed by atoms with Gasteiger partial charge in [-0.2, -0.15) is 0 Å². The monoisotopic (exact) mass is 1110 g/mol. The molecular formula is C73H136O6. The van der Waals surface area contributed by atoms with Crippen LogP contribution in [0.2, 0.25) is 0 Å². The highest BCUT2D eigenvalue weighted by Gasteiger charge is 2.19. The summed E-state index contributed by atoms with van der Waals surface area (Å²) in [6.45, 7) is 6.67. The van der Waals surface area contributed by atoms with E-state index < -0.39 is 6.10 Å². The van der Waals surface area contributed by atoms with Crippen LogP contribution in [-0.2, 0) is 28.6 Å². The molecule has 0 aliphatic heterocycles. The summed E-state index contributed by atoms with van der Waals surface area (Å²) in [6.07, 6.45) is 84.8. The molecule has 1 unspecified atom stereocenters. The highest BCUT2D eigenvalue weighted by Crippen LogP contribution is 2.19. The highest BCUT2D eigenvalue weighted by atomic mass is 16.6. The summed E-state index contributed by atoms with van der Waals surface area (Å²) < 4.78 is 16.9. The number of rotatable bonds is 66. The molecule has 0 saturated carbocycles. The summed E-state index contributed by atoms with van der Waals surface area (Å²) in [6, 6.07) is 0. The maximum Gasteiger partial charge on any atom is 0.306 e. The summed E-state index contributed by atoms with van der Waals surface area (Å²) in [4.78, 5) is 38.3. The van der Waals surface area contributed by atoms with E-state index in [2.05, 4.69) is 57.2 Å². The van der Waals surface area contributed by atoms with Crippen LogP contribution in [0.4, 0.5) is 0 Å². The first-order valence-corrected chi connectivity index (χ1v) is 35.5. The summed E-state index contributed by atoms with van der Waals surface area (Å²) in [5.74, 6) is -0.854. The van der Waals surface area contributed by atoms with Gasteiger partial charge >= 0.3 is 17.9 Å². The van der Waals surface area contributed by atoms with E-state index in [0.29, 0.717) is 19.3 Å². The topological polar surface area (TPSA) is 78.9 Å². The van der Waals surface area contributed by atoms with Gasteiger partial charge in [-0.25, -0.2) is 0 Å². The molecule has 464 valence electrons. The summed E-state index contributed by atoms with van der Waals surface area (Å²) in [7, 11) is 0. The zero-order valence-corrected chi connectivity index (χ0v) is 53.4. The van der Waals surface area contributed by atoms with E-state index >= 15 is 0 Å². The lowest BCUT2D eigenvalue weighted by molar-refractivity contribution is -0.167. The van der Waals surface area contributed by atoms with E-state index in [0.717, 1.165) is 77.0 Å². The average molecular weight is 1110 g/mol. The van der Waals surface area contributed by atoms with E-state index in [-0.39, 0.29) is 31.1 Å². The third-order valence-electron chi connectivity index (χ3n) is 16.1. The van der Waals surface area contributed by atoms with Crippen molar-refractivity contribution in [1.29, 1.82) is 0 Å². The number of esters is 3. The Bertz CT molecular complexity index is 1320. The minimum Gasteiger partial charge on any atom is -0.462 e. The first-order chi connectivity index (χ1) is 39.0. The molecule has 0 amide bonds. The van der Waals surface area contributed by atoms with Crippen molar-refractivity contribution >= 4 is 17.9 Å². The molecule has 0 heterocycles. The van der Waals surface area contributed by atoms with Crippen molar-refractivity contribution in [2.75, 3.05) is 13.2 Å². The van der Waals surface area contributed by atoms with Gasteiger partial charge in [-0.15, -0.1) is 0 Å². The Kier molecular flexibility index (Phi) is 66.1. The second-order valence-corrected chi connectivity index (χ2v) is 24.2. The van der Waals surface area contributed by atoms with Gasteiger partial charge in [0.25, 0.3) is 0 Å². The number of allylic oxidation sites excluding steroid dienone is 6. The van der Waals surface area contributed by atoms with Crippen molar-refractivity contribution in [3.05, 3.63) is 36.5 Å². The molecule has 0 aromatic rings. The van der Waals surface area contributed by atoms with Crippen molar-refractivity contribution in [1.82, 2.24) is 0 Å². The highest BCUT2D eigenvalue weighted by molar-refractivity contribution is 5.71. The number of unbranched alkanes of at least 4 members (excludes halogenated alkanes) is 49. The maximum absolute atomic E-state index is 12.9. The second-order valence-electron chi connectivity index (χ2n) is 24.2. The zero-order valence-electron chi connectivity index (χ0n) is 53.4. The SMILES string of the molecule is CCCCCCC/C=C\C/C=C\C/C=C\CCCCCCCCCCC(=O)OC(COC(=O)CCCCCCCCCCC)COC(=O)CCCCCCCCCCCCCCCCCCCCCCCCCCCCCCC. The van der Waals surface area contributed by atoms with Crippen molar-refractivity contribution in [2.24, 2.45) is 0 Å². The number of hydrogen-bond donors (Lipinski definition) is 0. The van der Waals surface area contributed by atoms with Gasteiger partial charge < -0.3 is 14.2 Å². The van der Waals surface area contributed by atoms with Gasteiger partial charge in [0.1, 0.15) is 13.2 Å². The smallest absolute Gasteiger partial charge is 0.306 e. The summed E-state index contributed by atoms with van der Waals surface area (Å²) >= 11 is 0. The Labute approximate surface area is 493 Å². The van der Waals surface area contributed by atoms with Crippen molar-refractivity contribution in [3.8, 4) is 0 Å². The average Bonchev–Trinajstić information content (AvgIpc) is 3.45. The Hall–Kier alpha value is -2.37. The molecule has 6 heteroatoms. The Morgan fingerprint density at radius 2 is 0.456 bits per heavy atom. The number of carbonyl (C=O) groups is 3. The van der Waals surface area contributed by atoms with E-state index in [9.17, 15) is 14.4 Å². The van der Waals surface area contributed by atoms with Gasteiger partial charge in [0.15, 0.2) is 6.10 Å². The predicted molar refractivity (Wildman–Crippen MR) is 344 cm³/mol. The first kappa shape index (κ1) is 76.6. The van der Waals surface area contributed by atoms with Gasteiger partial charge in [0.05, 0.1) is 0 Å². The number of hydrogen-bond acceptors (Lipinski definition) is 6. The van der Waals surface area contributed by atoms with E-state index in [1.54, 1.807) is 0 Å². The third kappa shape index (κ3) is 66.3. The maximum atomic E-state index is 12.9. The molecule has 0 spiro atoms. The van der Waals surface area contributed by atoms with Crippen LogP contribution >= 0.6 is 0 Å². The largest absolute Gasteiger partial charge is 0.462 e.